The minimum Gasteiger partial charge on any atom is -0.275 e. The van der Waals surface area contributed by atoms with E-state index >= 15 is 0 Å². The zero-order valence-electron chi connectivity index (χ0n) is 11.6. The third-order valence-electron chi connectivity index (χ3n) is 5.02. The molecule has 0 spiro atoms. The van der Waals surface area contributed by atoms with Crippen LogP contribution in [0.1, 0.15) is 27.7 Å². The number of imide groups is 2. The van der Waals surface area contributed by atoms with Gasteiger partial charge in [-0.1, -0.05) is 26.0 Å². The zero-order valence-corrected chi connectivity index (χ0v) is 11.6. The second kappa shape index (κ2) is 3.46. The number of nitrogens with zero attached hydrogens (tertiary/aromatic N) is 2. The van der Waals surface area contributed by atoms with Crippen LogP contribution in [0.25, 0.3) is 0 Å². The number of carbonyl (C=O) groups is 3. The Balaban J connectivity index is 2.12. The van der Waals surface area contributed by atoms with Crippen molar-refractivity contribution in [1.29, 1.82) is 0 Å². The van der Waals surface area contributed by atoms with Crippen molar-refractivity contribution in [1.82, 2.24) is 9.80 Å². The lowest BCUT2D eigenvalue weighted by Gasteiger charge is -2.30. The van der Waals surface area contributed by atoms with Gasteiger partial charge in [0.05, 0.1) is 12.1 Å². The molecule has 0 aromatic heterocycles. The second-order valence-electron chi connectivity index (χ2n) is 6.30. The number of fused-ring (bicyclic) bond motifs is 5. The van der Waals surface area contributed by atoms with E-state index in [2.05, 4.69) is 26.0 Å². The number of hydrogen-bond donors (Lipinski definition) is 0. The summed E-state index contributed by atoms with van der Waals surface area (Å²) in [7, 11) is 0. The van der Waals surface area contributed by atoms with E-state index in [-0.39, 0.29) is 41.1 Å². The van der Waals surface area contributed by atoms with E-state index < -0.39 is 6.03 Å². The first-order valence-corrected chi connectivity index (χ1v) is 6.60. The average molecular weight is 262 g/mol. The van der Waals surface area contributed by atoms with E-state index in [0.717, 1.165) is 0 Å². The van der Waals surface area contributed by atoms with Gasteiger partial charge in [0.15, 0.2) is 0 Å². The monoisotopic (exact) mass is 262 g/mol. The summed E-state index contributed by atoms with van der Waals surface area (Å²) >= 11 is 0. The van der Waals surface area contributed by atoms with Crippen molar-refractivity contribution in [3.63, 3.8) is 0 Å². The fourth-order valence-corrected chi connectivity index (χ4v) is 4.18. The number of urea groups is 1. The Hall–Kier alpha value is -1.65. The van der Waals surface area contributed by atoms with E-state index in [1.54, 1.807) is 0 Å². The van der Waals surface area contributed by atoms with Gasteiger partial charge in [0.25, 0.3) is 0 Å². The fraction of sp³-hybridized carbons (Fsp3) is 0.643. The van der Waals surface area contributed by atoms with Gasteiger partial charge >= 0.3 is 6.03 Å². The maximum atomic E-state index is 12.3. The van der Waals surface area contributed by atoms with Gasteiger partial charge in [0, 0.05) is 25.7 Å². The van der Waals surface area contributed by atoms with Crippen LogP contribution in [0.2, 0.25) is 0 Å². The molecule has 3 aliphatic rings. The molecule has 2 aliphatic carbocycles. The Labute approximate surface area is 112 Å². The molecule has 4 atom stereocenters. The van der Waals surface area contributed by atoms with Crippen LogP contribution in [0, 0.1) is 17.3 Å². The highest BCUT2D eigenvalue weighted by atomic mass is 16.2. The van der Waals surface area contributed by atoms with Gasteiger partial charge in [-0.25, -0.2) is 4.79 Å². The van der Waals surface area contributed by atoms with Crippen LogP contribution < -0.4 is 0 Å². The highest BCUT2D eigenvalue weighted by molar-refractivity contribution is 6.04. The summed E-state index contributed by atoms with van der Waals surface area (Å²) in [4.78, 5) is 38.5. The summed E-state index contributed by atoms with van der Waals surface area (Å²) in [6.45, 7) is 7.06. The molecule has 1 heterocycles. The Morgan fingerprint density at radius 1 is 1.00 bits per heavy atom. The fourth-order valence-electron chi connectivity index (χ4n) is 4.18. The van der Waals surface area contributed by atoms with Crippen LogP contribution in [0.3, 0.4) is 0 Å². The largest absolute Gasteiger partial charge is 0.334 e. The van der Waals surface area contributed by atoms with Crippen molar-refractivity contribution >= 4 is 17.8 Å². The number of rotatable bonds is 0. The van der Waals surface area contributed by atoms with Gasteiger partial charge in [0.2, 0.25) is 11.8 Å². The van der Waals surface area contributed by atoms with Crippen LogP contribution in [0.4, 0.5) is 4.79 Å². The molecule has 102 valence electrons. The van der Waals surface area contributed by atoms with Crippen LogP contribution in [0.5, 0.6) is 0 Å². The predicted octanol–water partition coefficient (Wildman–Crippen LogP) is 1.40. The zero-order chi connectivity index (χ0) is 14.1. The van der Waals surface area contributed by atoms with Crippen LogP contribution in [-0.4, -0.2) is 39.7 Å². The predicted molar refractivity (Wildman–Crippen MR) is 67.9 cm³/mol. The molecule has 1 saturated heterocycles. The van der Waals surface area contributed by atoms with E-state index in [1.807, 2.05) is 0 Å². The highest BCUT2D eigenvalue weighted by Gasteiger charge is 2.66. The van der Waals surface area contributed by atoms with Crippen molar-refractivity contribution in [2.24, 2.45) is 17.3 Å². The molecule has 0 radical (unpaired) electrons. The van der Waals surface area contributed by atoms with Gasteiger partial charge in [-0.2, -0.15) is 0 Å². The van der Waals surface area contributed by atoms with Gasteiger partial charge in [-0.15, -0.1) is 0 Å². The maximum Gasteiger partial charge on any atom is 0.334 e. The molecule has 1 aliphatic heterocycles. The Morgan fingerprint density at radius 3 is 1.68 bits per heavy atom. The minimum atomic E-state index is -0.454. The standard InChI is InChI=1S/C14H18N2O3/c1-7(17)15-11-9-5-6-10(14(9,3)4)12(11)16(8(2)18)13(15)19/h5-6,9-12H,1-4H3. The Morgan fingerprint density at radius 2 is 1.37 bits per heavy atom. The van der Waals surface area contributed by atoms with Crippen LogP contribution in [0.15, 0.2) is 12.2 Å². The average Bonchev–Trinajstić information content (AvgIpc) is 2.80. The summed E-state index contributed by atoms with van der Waals surface area (Å²) in [5.41, 5.74) is -0.0164. The third-order valence-corrected chi connectivity index (χ3v) is 5.02. The minimum absolute atomic E-state index is 0.0164. The normalized spacial score (nSPS) is 38.0. The lowest BCUT2D eigenvalue weighted by atomic mass is 9.80. The molecule has 0 aromatic rings. The summed E-state index contributed by atoms with van der Waals surface area (Å²) in [6.07, 6.45) is 4.19. The first-order valence-electron chi connectivity index (χ1n) is 6.60. The number of amides is 4. The summed E-state index contributed by atoms with van der Waals surface area (Å²) < 4.78 is 0. The maximum absolute atomic E-state index is 12.3. The van der Waals surface area contributed by atoms with Crippen LogP contribution in [-0.2, 0) is 9.59 Å². The van der Waals surface area contributed by atoms with Gasteiger partial charge in [-0.05, 0) is 5.41 Å². The lowest BCUT2D eigenvalue weighted by Crippen LogP contribution is -2.43. The van der Waals surface area contributed by atoms with Crippen molar-refractivity contribution in [3.8, 4) is 0 Å². The molecule has 0 N–H and O–H groups in total. The highest BCUT2D eigenvalue weighted by Crippen LogP contribution is 2.58. The number of carbonyl (C=O) groups excluding carboxylic acids is 3. The Kier molecular flexibility index (Phi) is 2.26. The van der Waals surface area contributed by atoms with Gasteiger partial charge < -0.3 is 0 Å². The SMILES string of the molecule is CC(=O)N1C(=O)N(C(C)=O)C2C1C1C=CC2C1(C)C. The van der Waals surface area contributed by atoms with Crippen molar-refractivity contribution in [2.75, 3.05) is 0 Å². The molecule has 2 fully saturated rings. The topological polar surface area (TPSA) is 57.7 Å². The summed E-state index contributed by atoms with van der Waals surface area (Å²) in [5, 5.41) is 0. The molecule has 4 amide bonds. The van der Waals surface area contributed by atoms with Crippen molar-refractivity contribution in [3.05, 3.63) is 12.2 Å². The molecule has 2 bridgehead atoms. The molecule has 1 saturated carbocycles. The molecule has 0 aromatic carbocycles. The molecule has 5 heteroatoms. The van der Waals surface area contributed by atoms with E-state index in [0.29, 0.717) is 0 Å². The number of hydrogen-bond acceptors (Lipinski definition) is 3. The third kappa shape index (κ3) is 1.28. The quantitative estimate of drug-likeness (QED) is 0.620. The molecule has 19 heavy (non-hydrogen) atoms. The molecular weight excluding hydrogens is 244 g/mol. The van der Waals surface area contributed by atoms with E-state index in [4.69, 9.17) is 0 Å². The Bertz CT molecular complexity index is 481. The van der Waals surface area contributed by atoms with E-state index in [9.17, 15) is 14.4 Å². The van der Waals surface area contributed by atoms with Crippen LogP contribution >= 0.6 is 0 Å². The smallest absolute Gasteiger partial charge is 0.275 e. The van der Waals surface area contributed by atoms with Crippen molar-refractivity contribution in [2.45, 2.75) is 39.8 Å². The van der Waals surface area contributed by atoms with Gasteiger partial charge in [-0.3, -0.25) is 19.4 Å². The summed E-state index contributed by atoms with van der Waals surface area (Å²) in [5.74, 6) is -0.277. The molecule has 3 rings (SSSR count). The first-order chi connectivity index (χ1) is 8.78. The first kappa shape index (κ1) is 12.4. The second-order valence-corrected chi connectivity index (χ2v) is 6.30. The molecule has 5 nitrogen and oxygen atoms in total. The van der Waals surface area contributed by atoms with E-state index in [1.165, 1.54) is 23.6 Å². The lowest BCUT2D eigenvalue weighted by molar-refractivity contribution is -0.127. The van der Waals surface area contributed by atoms with Crippen molar-refractivity contribution < 1.29 is 14.4 Å². The molecule has 4 unspecified atom stereocenters. The van der Waals surface area contributed by atoms with Gasteiger partial charge in [0.1, 0.15) is 0 Å². The molecular formula is C14H18N2O3. The summed E-state index contributed by atoms with van der Waals surface area (Å²) in [6, 6.07) is -0.845.